The highest BCUT2D eigenvalue weighted by atomic mass is 32.2. The molecule has 0 saturated heterocycles. The van der Waals surface area contributed by atoms with Gasteiger partial charge < -0.3 is 5.32 Å². The molecule has 0 radical (unpaired) electrons. The van der Waals surface area contributed by atoms with Crippen LogP contribution in [0.5, 0.6) is 0 Å². The fourth-order valence-corrected chi connectivity index (χ4v) is 2.32. The highest BCUT2D eigenvalue weighted by Gasteiger charge is 2.07. The normalized spacial score (nSPS) is 13.6. The van der Waals surface area contributed by atoms with Crippen molar-refractivity contribution in [2.24, 2.45) is 0 Å². The Morgan fingerprint density at radius 3 is 2.29 bits per heavy atom. The van der Waals surface area contributed by atoms with Crippen molar-refractivity contribution in [3.05, 3.63) is 29.8 Å². The van der Waals surface area contributed by atoms with E-state index in [4.69, 9.17) is 0 Å². The summed E-state index contributed by atoms with van der Waals surface area (Å²) in [5.41, 5.74) is 1.16. The number of benzene rings is 1. The predicted octanol–water partition coefficient (Wildman–Crippen LogP) is 2.02. The molecule has 17 heavy (non-hydrogen) atoms. The number of rotatable bonds is 6. The van der Waals surface area contributed by atoms with Gasteiger partial charge in [-0.1, -0.05) is 19.1 Å². The summed E-state index contributed by atoms with van der Waals surface area (Å²) in [6.07, 6.45) is 3.27. The lowest BCUT2D eigenvalue weighted by Gasteiger charge is -2.13. The quantitative estimate of drug-likeness (QED) is 0.846. The summed E-state index contributed by atoms with van der Waals surface area (Å²) in [6.45, 7) is 5.29. The van der Waals surface area contributed by atoms with Gasteiger partial charge in [-0.05, 0) is 44.0 Å². The van der Waals surface area contributed by atoms with Crippen LogP contribution in [0.15, 0.2) is 29.2 Å². The van der Waals surface area contributed by atoms with E-state index in [0.29, 0.717) is 10.9 Å². The van der Waals surface area contributed by atoms with Crippen LogP contribution in [-0.2, 0) is 16.3 Å². The molecule has 4 heteroatoms. The average molecular weight is 255 g/mol. The Balaban J connectivity index is 2.63. The van der Waals surface area contributed by atoms with Crippen molar-refractivity contribution < 1.29 is 8.42 Å². The van der Waals surface area contributed by atoms with Crippen LogP contribution >= 0.6 is 0 Å². The second-order valence-electron chi connectivity index (χ2n) is 4.48. The highest BCUT2D eigenvalue weighted by molar-refractivity contribution is 7.90. The minimum absolute atomic E-state index is 0.385. The van der Waals surface area contributed by atoms with Crippen molar-refractivity contribution in [3.8, 4) is 0 Å². The van der Waals surface area contributed by atoms with Gasteiger partial charge in [-0.2, -0.15) is 0 Å². The lowest BCUT2D eigenvalue weighted by atomic mass is 10.1. The first-order chi connectivity index (χ1) is 7.93. The van der Waals surface area contributed by atoms with Crippen LogP contribution in [0.2, 0.25) is 0 Å². The highest BCUT2D eigenvalue weighted by Crippen LogP contribution is 2.11. The molecule has 1 rings (SSSR count). The van der Waals surface area contributed by atoms with Crippen LogP contribution in [0.3, 0.4) is 0 Å². The molecule has 0 amide bonds. The molecule has 0 aliphatic heterocycles. The van der Waals surface area contributed by atoms with Gasteiger partial charge in [0.2, 0.25) is 0 Å². The Kier molecular flexibility index (Phi) is 5.15. The fourth-order valence-electron chi connectivity index (χ4n) is 1.69. The summed E-state index contributed by atoms with van der Waals surface area (Å²) >= 11 is 0. The van der Waals surface area contributed by atoms with Crippen molar-refractivity contribution in [2.45, 2.75) is 37.6 Å². The molecule has 1 N–H and O–H groups in total. The van der Waals surface area contributed by atoms with E-state index >= 15 is 0 Å². The Morgan fingerprint density at radius 1 is 1.24 bits per heavy atom. The van der Waals surface area contributed by atoms with E-state index < -0.39 is 9.84 Å². The number of sulfone groups is 1. The van der Waals surface area contributed by atoms with Gasteiger partial charge >= 0.3 is 0 Å². The number of nitrogens with one attached hydrogen (secondary N) is 1. The summed E-state index contributed by atoms with van der Waals surface area (Å²) in [6, 6.07) is 7.55. The Bertz CT molecular complexity index is 437. The van der Waals surface area contributed by atoms with E-state index in [2.05, 4.69) is 19.2 Å². The van der Waals surface area contributed by atoms with Crippen LogP contribution in [0.1, 0.15) is 25.8 Å². The molecule has 0 aromatic heterocycles. The van der Waals surface area contributed by atoms with Crippen LogP contribution in [0.4, 0.5) is 0 Å². The van der Waals surface area contributed by atoms with Crippen LogP contribution < -0.4 is 5.32 Å². The second kappa shape index (κ2) is 6.17. The molecule has 0 aliphatic carbocycles. The van der Waals surface area contributed by atoms with E-state index in [9.17, 15) is 8.42 Å². The van der Waals surface area contributed by atoms with Gasteiger partial charge in [0.05, 0.1) is 4.90 Å². The molecule has 0 aliphatic rings. The third kappa shape index (κ3) is 4.88. The minimum Gasteiger partial charge on any atom is -0.314 e. The van der Waals surface area contributed by atoms with Gasteiger partial charge in [-0.3, -0.25) is 0 Å². The van der Waals surface area contributed by atoms with Gasteiger partial charge in [0, 0.05) is 12.3 Å². The van der Waals surface area contributed by atoms with Gasteiger partial charge in [0.1, 0.15) is 0 Å². The molecule has 1 atom stereocenters. The smallest absolute Gasteiger partial charge is 0.175 e. The van der Waals surface area contributed by atoms with Gasteiger partial charge in [-0.15, -0.1) is 0 Å². The molecule has 3 nitrogen and oxygen atoms in total. The monoisotopic (exact) mass is 255 g/mol. The fraction of sp³-hybridized carbons (Fsp3) is 0.538. The maximum Gasteiger partial charge on any atom is 0.175 e. The second-order valence-corrected chi connectivity index (χ2v) is 6.49. The van der Waals surface area contributed by atoms with E-state index in [0.717, 1.165) is 24.9 Å². The summed E-state index contributed by atoms with van der Waals surface area (Å²) in [5, 5.41) is 3.41. The molecule has 0 bridgehead atoms. The maximum atomic E-state index is 11.3. The van der Waals surface area contributed by atoms with Gasteiger partial charge in [0.25, 0.3) is 0 Å². The molecule has 1 aromatic carbocycles. The molecule has 0 heterocycles. The summed E-state index contributed by atoms with van der Waals surface area (Å²) < 4.78 is 22.6. The molecule has 0 saturated carbocycles. The average Bonchev–Trinajstić information content (AvgIpc) is 2.26. The van der Waals surface area contributed by atoms with Gasteiger partial charge in [0.15, 0.2) is 9.84 Å². The summed E-state index contributed by atoms with van der Waals surface area (Å²) in [4.78, 5) is 0.385. The zero-order valence-corrected chi connectivity index (χ0v) is 11.5. The summed E-state index contributed by atoms with van der Waals surface area (Å²) in [7, 11) is -3.08. The Hall–Kier alpha value is -0.870. The zero-order chi connectivity index (χ0) is 12.9. The van der Waals surface area contributed by atoms with Crippen molar-refractivity contribution in [3.63, 3.8) is 0 Å². The first kappa shape index (κ1) is 14.2. The SMILES string of the molecule is CCCNC(C)Cc1ccc(S(C)(=O)=O)cc1. The van der Waals surface area contributed by atoms with Crippen molar-refractivity contribution in [2.75, 3.05) is 12.8 Å². The summed E-state index contributed by atoms with van der Waals surface area (Å²) in [5.74, 6) is 0. The third-order valence-electron chi connectivity index (χ3n) is 2.64. The molecule has 96 valence electrons. The van der Waals surface area contributed by atoms with Gasteiger partial charge in [-0.25, -0.2) is 8.42 Å². The van der Waals surface area contributed by atoms with Crippen LogP contribution in [0, 0.1) is 0 Å². The Labute approximate surface area is 104 Å². The van der Waals surface area contributed by atoms with Crippen molar-refractivity contribution >= 4 is 9.84 Å². The van der Waals surface area contributed by atoms with E-state index in [1.54, 1.807) is 12.1 Å². The molecular weight excluding hydrogens is 234 g/mol. The Morgan fingerprint density at radius 2 is 1.82 bits per heavy atom. The molecule has 0 spiro atoms. The standard InChI is InChI=1S/C13H21NO2S/c1-4-9-14-11(2)10-12-5-7-13(8-6-12)17(3,15)16/h5-8,11,14H,4,9-10H2,1-3H3. The van der Waals surface area contributed by atoms with E-state index in [1.807, 2.05) is 12.1 Å². The van der Waals surface area contributed by atoms with Crippen molar-refractivity contribution in [1.29, 1.82) is 0 Å². The lowest BCUT2D eigenvalue weighted by Crippen LogP contribution is -2.28. The first-order valence-electron chi connectivity index (χ1n) is 5.96. The zero-order valence-electron chi connectivity index (χ0n) is 10.7. The van der Waals surface area contributed by atoms with Crippen molar-refractivity contribution in [1.82, 2.24) is 5.32 Å². The number of hydrogen-bond acceptors (Lipinski definition) is 3. The van der Waals surface area contributed by atoms with Crippen LogP contribution in [0.25, 0.3) is 0 Å². The molecular formula is C13H21NO2S. The van der Waals surface area contributed by atoms with Crippen LogP contribution in [-0.4, -0.2) is 27.3 Å². The molecule has 1 unspecified atom stereocenters. The predicted molar refractivity (Wildman–Crippen MR) is 71.0 cm³/mol. The first-order valence-corrected chi connectivity index (χ1v) is 7.85. The topological polar surface area (TPSA) is 46.2 Å². The minimum atomic E-state index is -3.08. The largest absolute Gasteiger partial charge is 0.314 e. The molecule has 1 aromatic rings. The van der Waals surface area contributed by atoms with E-state index in [-0.39, 0.29) is 0 Å². The lowest BCUT2D eigenvalue weighted by molar-refractivity contribution is 0.543. The number of hydrogen-bond donors (Lipinski definition) is 1. The maximum absolute atomic E-state index is 11.3. The van der Waals surface area contributed by atoms with E-state index in [1.165, 1.54) is 6.26 Å². The molecule has 0 fully saturated rings. The third-order valence-corrected chi connectivity index (χ3v) is 3.76.